The number of nitrogens with one attached hydrogen (secondary N) is 1. The van der Waals surface area contributed by atoms with Gasteiger partial charge in [0, 0.05) is 17.2 Å². The Bertz CT molecular complexity index is 657. The fourth-order valence-electron chi connectivity index (χ4n) is 3.15. The number of ketones is 1. The van der Waals surface area contributed by atoms with Crippen LogP contribution in [0.5, 0.6) is 11.5 Å². The summed E-state index contributed by atoms with van der Waals surface area (Å²) in [4.78, 5) is 23.4. The summed E-state index contributed by atoms with van der Waals surface area (Å²) < 4.78 is 48.2. The molecule has 0 heterocycles. The minimum Gasteiger partial charge on any atom is -0.496 e. The SMILES string of the molecule is COc1ccc(OC)c2c1CC[C@@H](NC(=O)C(F)(F)F)C2C(C)=O. The molecule has 0 bridgehead atoms. The molecule has 5 nitrogen and oxygen atoms in total. The van der Waals surface area contributed by atoms with E-state index in [0.29, 0.717) is 23.5 Å². The highest BCUT2D eigenvalue weighted by molar-refractivity contribution is 5.88. The molecule has 1 N–H and O–H groups in total. The molecule has 132 valence electrons. The zero-order chi connectivity index (χ0) is 18.1. The molecule has 0 saturated heterocycles. The number of ether oxygens (including phenoxy) is 2. The summed E-state index contributed by atoms with van der Waals surface area (Å²) in [6, 6.07) is 2.33. The highest BCUT2D eigenvalue weighted by Gasteiger charge is 2.44. The molecule has 1 aliphatic carbocycles. The number of halogens is 3. The molecule has 2 rings (SSSR count). The van der Waals surface area contributed by atoms with Crippen LogP contribution in [-0.4, -0.2) is 38.1 Å². The van der Waals surface area contributed by atoms with E-state index >= 15 is 0 Å². The van der Waals surface area contributed by atoms with Gasteiger partial charge in [-0.05, 0) is 31.9 Å². The maximum absolute atomic E-state index is 12.6. The average Bonchev–Trinajstić information content (AvgIpc) is 2.52. The zero-order valence-corrected chi connectivity index (χ0v) is 13.5. The minimum absolute atomic E-state index is 0.197. The van der Waals surface area contributed by atoms with Gasteiger partial charge in [-0.15, -0.1) is 0 Å². The summed E-state index contributed by atoms with van der Waals surface area (Å²) in [6.07, 6.45) is -4.44. The molecule has 1 aliphatic rings. The van der Waals surface area contributed by atoms with E-state index in [1.165, 1.54) is 21.1 Å². The lowest BCUT2D eigenvalue weighted by Gasteiger charge is -2.34. The summed E-state index contributed by atoms with van der Waals surface area (Å²) in [5.74, 6) is -2.40. The van der Waals surface area contributed by atoms with E-state index in [2.05, 4.69) is 0 Å². The Hall–Kier alpha value is -2.25. The molecule has 0 aliphatic heterocycles. The number of Topliss-reactive ketones (excluding diaryl/α,β-unsaturated/α-hetero) is 1. The third-order valence-corrected chi connectivity index (χ3v) is 4.14. The fourth-order valence-corrected chi connectivity index (χ4v) is 3.15. The molecule has 0 spiro atoms. The van der Waals surface area contributed by atoms with Crippen molar-refractivity contribution in [1.29, 1.82) is 0 Å². The van der Waals surface area contributed by atoms with Crippen molar-refractivity contribution in [2.24, 2.45) is 0 Å². The van der Waals surface area contributed by atoms with Gasteiger partial charge in [0.1, 0.15) is 17.3 Å². The van der Waals surface area contributed by atoms with Crippen molar-refractivity contribution in [1.82, 2.24) is 5.32 Å². The van der Waals surface area contributed by atoms with Crippen molar-refractivity contribution in [2.45, 2.75) is 37.9 Å². The van der Waals surface area contributed by atoms with E-state index in [1.54, 1.807) is 12.1 Å². The molecule has 0 saturated carbocycles. The minimum atomic E-state index is -5.00. The molecule has 1 aromatic rings. The van der Waals surface area contributed by atoms with Crippen molar-refractivity contribution in [2.75, 3.05) is 14.2 Å². The van der Waals surface area contributed by atoms with Gasteiger partial charge < -0.3 is 14.8 Å². The van der Waals surface area contributed by atoms with Gasteiger partial charge >= 0.3 is 12.1 Å². The van der Waals surface area contributed by atoms with Gasteiger partial charge in [-0.3, -0.25) is 9.59 Å². The van der Waals surface area contributed by atoms with Crippen LogP contribution in [0.2, 0.25) is 0 Å². The summed E-state index contributed by atoms with van der Waals surface area (Å²) in [7, 11) is 2.89. The highest BCUT2D eigenvalue weighted by Crippen LogP contribution is 2.43. The van der Waals surface area contributed by atoms with Crippen molar-refractivity contribution >= 4 is 11.7 Å². The number of hydrogen-bond acceptors (Lipinski definition) is 4. The molecule has 24 heavy (non-hydrogen) atoms. The number of fused-ring (bicyclic) bond motifs is 1. The zero-order valence-electron chi connectivity index (χ0n) is 13.5. The predicted molar refractivity (Wildman–Crippen MR) is 79.3 cm³/mol. The van der Waals surface area contributed by atoms with Crippen LogP contribution in [0.4, 0.5) is 13.2 Å². The first kappa shape index (κ1) is 18.1. The van der Waals surface area contributed by atoms with Crippen LogP contribution in [0.15, 0.2) is 12.1 Å². The Kier molecular flexibility index (Phi) is 5.05. The van der Waals surface area contributed by atoms with Crippen molar-refractivity contribution in [3.63, 3.8) is 0 Å². The van der Waals surface area contributed by atoms with Crippen molar-refractivity contribution in [3.05, 3.63) is 23.3 Å². The molecule has 0 fully saturated rings. The van der Waals surface area contributed by atoms with Crippen LogP contribution in [0.25, 0.3) is 0 Å². The lowest BCUT2D eigenvalue weighted by molar-refractivity contribution is -0.174. The summed E-state index contributed by atoms with van der Waals surface area (Å²) in [5, 5.41) is 1.94. The molecular weight excluding hydrogens is 327 g/mol. The summed E-state index contributed by atoms with van der Waals surface area (Å²) >= 11 is 0. The average molecular weight is 345 g/mol. The van der Waals surface area contributed by atoms with E-state index in [1.807, 2.05) is 5.32 Å². The largest absolute Gasteiger partial charge is 0.496 e. The summed E-state index contributed by atoms with van der Waals surface area (Å²) in [6.45, 7) is 1.28. The Morgan fingerprint density at radius 1 is 1.17 bits per heavy atom. The number of carbonyl (C=O) groups excluding carboxylic acids is 2. The quantitative estimate of drug-likeness (QED) is 0.910. The van der Waals surface area contributed by atoms with Gasteiger partial charge in [-0.25, -0.2) is 0 Å². The van der Waals surface area contributed by atoms with E-state index in [-0.39, 0.29) is 12.2 Å². The van der Waals surface area contributed by atoms with E-state index in [0.717, 1.165) is 5.56 Å². The number of benzene rings is 1. The fraction of sp³-hybridized carbons (Fsp3) is 0.500. The second-order valence-electron chi connectivity index (χ2n) is 5.57. The Morgan fingerprint density at radius 2 is 1.75 bits per heavy atom. The lowest BCUT2D eigenvalue weighted by Crippen LogP contribution is -2.48. The summed E-state index contributed by atoms with van der Waals surface area (Å²) in [5.41, 5.74) is 1.19. The topological polar surface area (TPSA) is 64.6 Å². The van der Waals surface area contributed by atoms with E-state index < -0.39 is 24.0 Å². The number of amides is 1. The maximum atomic E-state index is 12.6. The molecule has 1 unspecified atom stereocenters. The second kappa shape index (κ2) is 6.70. The first-order valence-corrected chi connectivity index (χ1v) is 7.32. The Balaban J connectivity index is 2.48. The monoisotopic (exact) mass is 345 g/mol. The van der Waals surface area contributed by atoms with Crippen LogP contribution in [0, 0.1) is 0 Å². The number of hydrogen-bond donors (Lipinski definition) is 1. The Labute approximate surface area is 137 Å². The first-order chi connectivity index (χ1) is 11.2. The van der Waals surface area contributed by atoms with Crippen LogP contribution in [0.1, 0.15) is 30.4 Å². The van der Waals surface area contributed by atoms with E-state index in [9.17, 15) is 22.8 Å². The van der Waals surface area contributed by atoms with Crippen LogP contribution >= 0.6 is 0 Å². The lowest BCUT2D eigenvalue weighted by atomic mass is 9.76. The van der Waals surface area contributed by atoms with Crippen molar-refractivity contribution < 1.29 is 32.2 Å². The number of methoxy groups -OCH3 is 2. The first-order valence-electron chi connectivity index (χ1n) is 7.32. The van der Waals surface area contributed by atoms with E-state index in [4.69, 9.17) is 9.47 Å². The molecule has 8 heteroatoms. The molecule has 0 radical (unpaired) electrons. The molecule has 2 atom stereocenters. The Morgan fingerprint density at radius 3 is 2.25 bits per heavy atom. The number of carbonyl (C=O) groups is 2. The number of alkyl halides is 3. The molecule has 1 amide bonds. The smallest absolute Gasteiger partial charge is 0.471 e. The van der Waals surface area contributed by atoms with Gasteiger partial charge in [0.2, 0.25) is 0 Å². The molecule has 1 aromatic carbocycles. The van der Waals surface area contributed by atoms with Gasteiger partial charge in [-0.1, -0.05) is 0 Å². The third kappa shape index (κ3) is 3.32. The number of rotatable bonds is 4. The van der Waals surface area contributed by atoms with Crippen LogP contribution in [0.3, 0.4) is 0 Å². The van der Waals surface area contributed by atoms with Gasteiger partial charge in [0.25, 0.3) is 0 Å². The van der Waals surface area contributed by atoms with Gasteiger partial charge in [0.05, 0.1) is 20.1 Å². The molecular formula is C16H18F3NO4. The van der Waals surface area contributed by atoms with Crippen LogP contribution < -0.4 is 14.8 Å². The van der Waals surface area contributed by atoms with Crippen LogP contribution in [-0.2, 0) is 16.0 Å². The predicted octanol–water partition coefficient (Wildman–Crippen LogP) is 2.37. The molecule has 0 aromatic heterocycles. The van der Waals surface area contributed by atoms with Gasteiger partial charge in [-0.2, -0.15) is 13.2 Å². The third-order valence-electron chi connectivity index (χ3n) is 4.14. The maximum Gasteiger partial charge on any atom is 0.471 e. The standard InChI is InChI=1S/C16H18F3NO4/c1-8(21)13-10(20-15(22)16(17,18)19)5-4-9-11(23-2)6-7-12(24-3)14(9)13/h6-7,10,13H,4-5H2,1-3H3,(H,20,22)/t10-,13?/m1/s1. The van der Waals surface area contributed by atoms with Gasteiger partial charge in [0.15, 0.2) is 0 Å². The highest BCUT2D eigenvalue weighted by atomic mass is 19.4. The van der Waals surface area contributed by atoms with Crippen molar-refractivity contribution in [3.8, 4) is 11.5 Å². The normalized spacial score (nSPS) is 20.1. The second-order valence-corrected chi connectivity index (χ2v) is 5.57.